The Bertz CT molecular complexity index is 391. The Balaban J connectivity index is 1.95. The molecule has 2 amide bonds. The molecular formula is C11H13N3O2. The quantitative estimate of drug-likeness (QED) is 0.740. The third-order valence-electron chi connectivity index (χ3n) is 2.48. The van der Waals surface area contributed by atoms with Crippen molar-refractivity contribution in [3.8, 4) is 0 Å². The van der Waals surface area contributed by atoms with E-state index in [2.05, 4.69) is 15.6 Å². The van der Waals surface area contributed by atoms with E-state index in [-0.39, 0.29) is 17.9 Å². The van der Waals surface area contributed by atoms with Crippen molar-refractivity contribution in [1.82, 2.24) is 15.6 Å². The number of carbonyl (C=O) groups excluding carboxylic acids is 2. The van der Waals surface area contributed by atoms with Crippen LogP contribution in [-0.4, -0.2) is 29.4 Å². The smallest absolute Gasteiger partial charge is 0.270 e. The second-order valence-electron chi connectivity index (χ2n) is 3.73. The van der Waals surface area contributed by atoms with Crippen LogP contribution in [0.5, 0.6) is 0 Å². The Morgan fingerprint density at radius 3 is 3.06 bits per heavy atom. The lowest BCUT2D eigenvalue weighted by atomic mass is 10.1. The van der Waals surface area contributed by atoms with Gasteiger partial charge in [0.15, 0.2) is 0 Å². The van der Waals surface area contributed by atoms with E-state index in [1.54, 1.807) is 24.4 Å². The van der Waals surface area contributed by atoms with Gasteiger partial charge in [-0.1, -0.05) is 6.07 Å². The van der Waals surface area contributed by atoms with E-state index in [0.29, 0.717) is 18.7 Å². The van der Waals surface area contributed by atoms with Crippen molar-refractivity contribution in [1.29, 1.82) is 0 Å². The predicted octanol–water partition coefficient (Wildman–Crippen LogP) is 0.0900. The normalized spacial score (nSPS) is 20.0. The SMILES string of the molecule is O=C1CC(NC(=O)c2ccccn2)CCN1. The van der Waals surface area contributed by atoms with Gasteiger partial charge in [-0.25, -0.2) is 0 Å². The van der Waals surface area contributed by atoms with Crippen molar-refractivity contribution in [2.75, 3.05) is 6.54 Å². The van der Waals surface area contributed by atoms with E-state index in [4.69, 9.17) is 0 Å². The minimum atomic E-state index is -0.222. The summed E-state index contributed by atoms with van der Waals surface area (Å²) in [5.41, 5.74) is 0.383. The molecule has 1 aromatic heterocycles. The molecule has 5 heteroatoms. The summed E-state index contributed by atoms with van der Waals surface area (Å²) in [5.74, 6) is -0.238. The highest BCUT2D eigenvalue weighted by Gasteiger charge is 2.21. The molecule has 16 heavy (non-hydrogen) atoms. The molecule has 0 bridgehead atoms. The number of nitrogens with one attached hydrogen (secondary N) is 2. The first-order chi connectivity index (χ1) is 7.75. The van der Waals surface area contributed by atoms with Crippen molar-refractivity contribution < 1.29 is 9.59 Å². The van der Waals surface area contributed by atoms with Gasteiger partial charge in [-0.2, -0.15) is 0 Å². The largest absolute Gasteiger partial charge is 0.356 e. The minimum Gasteiger partial charge on any atom is -0.356 e. The topological polar surface area (TPSA) is 71.1 Å². The average molecular weight is 219 g/mol. The summed E-state index contributed by atoms with van der Waals surface area (Å²) in [7, 11) is 0. The van der Waals surface area contributed by atoms with Crippen molar-refractivity contribution >= 4 is 11.8 Å². The Morgan fingerprint density at radius 1 is 1.50 bits per heavy atom. The summed E-state index contributed by atoms with van der Waals surface area (Å²) in [5, 5.41) is 5.52. The van der Waals surface area contributed by atoms with Gasteiger partial charge in [-0.3, -0.25) is 14.6 Å². The van der Waals surface area contributed by atoms with Crippen molar-refractivity contribution in [3.63, 3.8) is 0 Å². The number of hydrogen-bond acceptors (Lipinski definition) is 3. The van der Waals surface area contributed by atoms with Gasteiger partial charge in [0, 0.05) is 25.2 Å². The van der Waals surface area contributed by atoms with Crippen LogP contribution in [0.4, 0.5) is 0 Å². The second-order valence-corrected chi connectivity index (χ2v) is 3.73. The Hall–Kier alpha value is -1.91. The van der Waals surface area contributed by atoms with Gasteiger partial charge in [-0.05, 0) is 18.6 Å². The van der Waals surface area contributed by atoms with Gasteiger partial charge in [0.1, 0.15) is 5.69 Å². The molecule has 0 aromatic carbocycles. The van der Waals surface area contributed by atoms with Crippen LogP contribution < -0.4 is 10.6 Å². The van der Waals surface area contributed by atoms with Crippen molar-refractivity contribution in [2.24, 2.45) is 0 Å². The van der Waals surface area contributed by atoms with Crippen LogP contribution in [0.1, 0.15) is 23.3 Å². The third-order valence-corrected chi connectivity index (χ3v) is 2.48. The maximum absolute atomic E-state index is 11.7. The molecule has 1 saturated heterocycles. The molecule has 1 aromatic rings. The number of amides is 2. The van der Waals surface area contributed by atoms with Gasteiger partial charge >= 0.3 is 0 Å². The molecule has 1 atom stereocenters. The number of aromatic nitrogens is 1. The molecule has 0 radical (unpaired) electrons. The maximum Gasteiger partial charge on any atom is 0.270 e. The molecule has 5 nitrogen and oxygen atoms in total. The zero-order chi connectivity index (χ0) is 11.4. The fourth-order valence-electron chi connectivity index (χ4n) is 1.66. The van der Waals surface area contributed by atoms with E-state index in [1.165, 1.54) is 0 Å². The Labute approximate surface area is 93.3 Å². The summed E-state index contributed by atoms with van der Waals surface area (Å²) in [4.78, 5) is 26.8. The van der Waals surface area contributed by atoms with Crippen LogP contribution in [-0.2, 0) is 4.79 Å². The number of piperidine rings is 1. The molecule has 0 spiro atoms. The number of carbonyl (C=O) groups is 2. The fourth-order valence-corrected chi connectivity index (χ4v) is 1.66. The van der Waals surface area contributed by atoms with Crippen LogP contribution in [0.3, 0.4) is 0 Å². The zero-order valence-electron chi connectivity index (χ0n) is 8.77. The summed E-state index contributed by atoms with van der Waals surface area (Å²) in [6, 6.07) is 5.08. The summed E-state index contributed by atoms with van der Waals surface area (Å²) in [6.45, 7) is 0.617. The minimum absolute atomic E-state index is 0.0161. The van der Waals surface area contributed by atoms with Gasteiger partial charge < -0.3 is 10.6 Å². The summed E-state index contributed by atoms with van der Waals surface area (Å²) < 4.78 is 0. The van der Waals surface area contributed by atoms with E-state index >= 15 is 0 Å². The van der Waals surface area contributed by atoms with Crippen LogP contribution >= 0.6 is 0 Å². The van der Waals surface area contributed by atoms with Crippen LogP contribution in [0.25, 0.3) is 0 Å². The van der Waals surface area contributed by atoms with Crippen molar-refractivity contribution in [3.05, 3.63) is 30.1 Å². The monoisotopic (exact) mass is 219 g/mol. The van der Waals surface area contributed by atoms with Crippen LogP contribution in [0.15, 0.2) is 24.4 Å². The van der Waals surface area contributed by atoms with Crippen LogP contribution in [0.2, 0.25) is 0 Å². The van der Waals surface area contributed by atoms with Gasteiger partial charge in [-0.15, -0.1) is 0 Å². The molecule has 84 valence electrons. The lowest BCUT2D eigenvalue weighted by molar-refractivity contribution is -0.122. The van der Waals surface area contributed by atoms with E-state index in [0.717, 1.165) is 6.42 Å². The first kappa shape index (κ1) is 10.6. The molecule has 1 aliphatic rings. The van der Waals surface area contributed by atoms with Crippen molar-refractivity contribution in [2.45, 2.75) is 18.9 Å². The molecular weight excluding hydrogens is 206 g/mol. The lowest BCUT2D eigenvalue weighted by Gasteiger charge is -2.22. The molecule has 0 saturated carbocycles. The second kappa shape index (κ2) is 4.74. The maximum atomic E-state index is 11.7. The number of nitrogens with zero attached hydrogens (tertiary/aromatic N) is 1. The highest BCUT2D eigenvalue weighted by molar-refractivity contribution is 5.92. The molecule has 2 rings (SSSR count). The molecule has 2 heterocycles. The molecule has 0 aliphatic carbocycles. The van der Waals surface area contributed by atoms with Gasteiger partial charge in [0.25, 0.3) is 5.91 Å². The molecule has 2 N–H and O–H groups in total. The highest BCUT2D eigenvalue weighted by atomic mass is 16.2. The predicted molar refractivity (Wildman–Crippen MR) is 57.7 cm³/mol. The standard InChI is InChI=1S/C11H13N3O2/c15-10-7-8(4-6-13-10)14-11(16)9-3-1-2-5-12-9/h1-3,5,8H,4,6-7H2,(H,13,15)(H,14,16). The zero-order valence-corrected chi connectivity index (χ0v) is 8.77. The summed E-state index contributed by atoms with van der Waals surface area (Å²) in [6.07, 6.45) is 2.69. The molecule has 1 aliphatic heterocycles. The highest BCUT2D eigenvalue weighted by Crippen LogP contribution is 2.04. The summed E-state index contributed by atoms with van der Waals surface area (Å²) >= 11 is 0. The Morgan fingerprint density at radius 2 is 2.38 bits per heavy atom. The van der Waals surface area contributed by atoms with Crippen LogP contribution in [0, 0.1) is 0 Å². The van der Waals surface area contributed by atoms with E-state index in [9.17, 15) is 9.59 Å². The lowest BCUT2D eigenvalue weighted by Crippen LogP contribution is -2.45. The molecule has 1 fully saturated rings. The van der Waals surface area contributed by atoms with Gasteiger partial charge in [0.2, 0.25) is 5.91 Å². The number of rotatable bonds is 2. The number of hydrogen-bond donors (Lipinski definition) is 2. The third kappa shape index (κ3) is 2.56. The van der Waals surface area contributed by atoms with E-state index in [1.807, 2.05) is 0 Å². The average Bonchev–Trinajstić information content (AvgIpc) is 2.30. The first-order valence-electron chi connectivity index (χ1n) is 5.24. The molecule has 1 unspecified atom stereocenters. The van der Waals surface area contributed by atoms with Gasteiger partial charge in [0.05, 0.1) is 0 Å². The fraction of sp³-hybridized carbons (Fsp3) is 0.364. The van der Waals surface area contributed by atoms with E-state index < -0.39 is 0 Å². The number of pyridine rings is 1. The first-order valence-corrected chi connectivity index (χ1v) is 5.24. The Kier molecular flexibility index (Phi) is 3.14.